The van der Waals surface area contributed by atoms with E-state index in [4.69, 9.17) is 10.5 Å². The minimum atomic E-state index is -0.651. The number of ether oxygens (including phenoxy) is 1. The molecule has 2 rings (SSSR count). The topological polar surface area (TPSA) is 86.5 Å². The van der Waals surface area contributed by atoms with Gasteiger partial charge in [0.25, 0.3) is 0 Å². The number of hydrogen-bond acceptors (Lipinski definition) is 5. The molecular weight excluding hydrogens is 486 g/mol. The van der Waals surface area contributed by atoms with Crippen LogP contribution in [0.15, 0.2) is 48.5 Å². The standard InChI is InChI=1S/C34H49NO4/c1-5-9-26(10-6-2)11-8-24-39-30-19-17-28(18-20-30)27-13-15-29(16-14-27)34(38)25(4)12-21-31(32(36)7-3)33(37)22-23-35/h13-20,25-26,31H,5-12,21-24,35H2,1-4H3. The van der Waals surface area contributed by atoms with Gasteiger partial charge in [0.15, 0.2) is 5.78 Å². The summed E-state index contributed by atoms with van der Waals surface area (Å²) >= 11 is 0. The Labute approximate surface area is 235 Å². The molecule has 5 nitrogen and oxygen atoms in total. The highest BCUT2D eigenvalue weighted by Crippen LogP contribution is 2.26. The Balaban J connectivity index is 1.89. The van der Waals surface area contributed by atoms with Gasteiger partial charge in [0.1, 0.15) is 17.3 Å². The lowest BCUT2D eigenvalue weighted by Gasteiger charge is -2.16. The quantitative estimate of drug-likeness (QED) is 0.106. The number of Topliss-reactive ketones (excluding diaryl/α,β-unsaturated/α-hetero) is 3. The first-order chi connectivity index (χ1) is 18.8. The average Bonchev–Trinajstić information content (AvgIpc) is 2.95. The number of nitrogens with two attached hydrogens (primary N) is 1. The summed E-state index contributed by atoms with van der Waals surface area (Å²) in [6, 6.07) is 15.8. The van der Waals surface area contributed by atoms with Crippen LogP contribution in [0.2, 0.25) is 0 Å². The summed E-state index contributed by atoms with van der Waals surface area (Å²) < 4.78 is 5.98. The molecule has 0 aliphatic carbocycles. The van der Waals surface area contributed by atoms with Crippen LogP contribution < -0.4 is 10.5 Å². The summed E-state index contributed by atoms with van der Waals surface area (Å²) in [5, 5.41) is 0. The SMILES string of the molecule is CCCC(CCC)CCCOc1ccc(-c2ccc(C(=O)C(C)CCC(C(=O)CC)C(=O)CCN)cc2)cc1. The van der Waals surface area contributed by atoms with Crippen molar-refractivity contribution in [3.05, 3.63) is 54.1 Å². The Bertz CT molecular complexity index is 1010. The van der Waals surface area contributed by atoms with Crippen molar-refractivity contribution in [3.63, 3.8) is 0 Å². The van der Waals surface area contributed by atoms with Gasteiger partial charge in [-0.05, 0) is 61.4 Å². The molecule has 2 aromatic rings. The third-order valence-corrected chi connectivity index (χ3v) is 7.63. The molecule has 0 aromatic heterocycles. The second-order valence-corrected chi connectivity index (χ2v) is 10.8. The van der Waals surface area contributed by atoms with Crippen LogP contribution >= 0.6 is 0 Å². The number of carbonyl (C=O) groups is 3. The van der Waals surface area contributed by atoms with Crippen molar-refractivity contribution in [2.75, 3.05) is 13.2 Å². The number of carbonyl (C=O) groups excluding carboxylic acids is 3. The van der Waals surface area contributed by atoms with E-state index in [1.807, 2.05) is 43.3 Å². The van der Waals surface area contributed by atoms with Gasteiger partial charge in [0, 0.05) is 24.3 Å². The first-order valence-electron chi connectivity index (χ1n) is 15.0. The molecule has 0 fully saturated rings. The summed E-state index contributed by atoms with van der Waals surface area (Å²) in [4.78, 5) is 37.6. The van der Waals surface area contributed by atoms with E-state index < -0.39 is 5.92 Å². The van der Waals surface area contributed by atoms with Crippen molar-refractivity contribution in [1.82, 2.24) is 0 Å². The van der Waals surface area contributed by atoms with E-state index in [2.05, 4.69) is 26.0 Å². The van der Waals surface area contributed by atoms with Crippen molar-refractivity contribution in [2.24, 2.45) is 23.5 Å². The van der Waals surface area contributed by atoms with E-state index in [0.717, 1.165) is 35.8 Å². The van der Waals surface area contributed by atoms with Crippen LogP contribution in [0.1, 0.15) is 102 Å². The molecule has 0 spiro atoms. The summed E-state index contributed by atoms with van der Waals surface area (Å²) in [7, 11) is 0. The van der Waals surface area contributed by atoms with Gasteiger partial charge < -0.3 is 10.5 Å². The van der Waals surface area contributed by atoms with Gasteiger partial charge in [0.2, 0.25) is 0 Å². The molecule has 0 radical (unpaired) electrons. The van der Waals surface area contributed by atoms with Crippen LogP contribution in [0.25, 0.3) is 11.1 Å². The maximum absolute atomic E-state index is 13.0. The van der Waals surface area contributed by atoms with Crippen molar-refractivity contribution >= 4 is 17.3 Å². The normalized spacial score (nSPS) is 12.8. The van der Waals surface area contributed by atoms with Gasteiger partial charge in [-0.15, -0.1) is 0 Å². The Morgan fingerprint density at radius 2 is 1.36 bits per heavy atom. The zero-order chi connectivity index (χ0) is 28.6. The van der Waals surface area contributed by atoms with Gasteiger partial charge in [-0.2, -0.15) is 0 Å². The van der Waals surface area contributed by atoms with E-state index in [-0.39, 0.29) is 36.2 Å². The van der Waals surface area contributed by atoms with Crippen LogP contribution in [0, 0.1) is 17.8 Å². The molecule has 2 aromatic carbocycles. The molecule has 5 heteroatoms. The molecule has 214 valence electrons. The minimum absolute atomic E-state index is 0.0272. The molecule has 0 amide bonds. The molecule has 0 aliphatic heterocycles. The van der Waals surface area contributed by atoms with Crippen LogP contribution in [0.4, 0.5) is 0 Å². The van der Waals surface area contributed by atoms with Gasteiger partial charge in [-0.3, -0.25) is 14.4 Å². The molecule has 0 heterocycles. The summed E-state index contributed by atoms with van der Waals surface area (Å²) in [5.74, 6) is 0.618. The molecule has 39 heavy (non-hydrogen) atoms. The van der Waals surface area contributed by atoms with E-state index in [0.29, 0.717) is 24.8 Å². The first-order valence-corrected chi connectivity index (χ1v) is 15.0. The highest BCUT2D eigenvalue weighted by molar-refractivity contribution is 6.02. The fraction of sp³-hybridized carbons (Fsp3) is 0.559. The number of benzene rings is 2. The molecule has 0 saturated heterocycles. The lowest BCUT2D eigenvalue weighted by Crippen LogP contribution is -2.27. The largest absolute Gasteiger partial charge is 0.494 e. The van der Waals surface area contributed by atoms with Crippen molar-refractivity contribution < 1.29 is 19.1 Å². The van der Waals surface area contributed by atoms with Crippen molar-refractivity contribution in [2.45, 2.75) is 91.9 Å². The second-order valence-electron chi connectivity index (χ2n) is 10.8. The predicted octanol–water partition coefficient (Wildman–Crippen LogP) is 7.84. The highest BCUT2D eigenvalue weighted by atomic mass is 16.5. The Morgan fingerprint density at radius 3 is 1.90 bits per heavy atom. The summed E-state index contributed by atoms with van der Waals surface area (Å²) in [6.45, 7) is 9.13. The Kier molecular flexibility index (Phi) is 14.7. The summed E-state index contributed by atoms with van der Waals surface area (Å²) in [6.07, 6.45) is 8.83. The summed E-state index contributed by atoms with van der Waals surface area (Å²) in [5.41, 5.74) is 8.25. The van der Waals surface area contributed by atoms with E-state index in [9.17, 15) is 14.4 Å². The van der Waals surface area contributed by atoms with Gasteiger partial charge >= 0.3 is 0 Å². The molecule has 2 N–H and O–H groups in total. The maximum Gasteiger partial charge on any atom is 0.165 e. The fourth-order valence-corrected chi connectivity index (χ4v) is 5.28. The Morgan fingerprint density at radius 1 is 0.769 bits per heavy atom. The zero-order valence-electron chi connectivity index (χ0n) is 24.5. The number of hydrogen-bond donors (Lipinski definition) is 1. The molecule has 2 atom stereocenters. The molecular formula is C34H49NO4. The van der Waals surface area contributed by atoms with Crippen LogP contribution in [-0.2, 0) is 9.59 Å². The van der Waals surface area contributed by atoms with Crippen molar-refractivity contribution in [1.29, 1.82) is 0 Å². The van der Waals surface area contributed by atoms with Crippen LogP contribution in [0.5, 0.6) is 5.75 Å². The molecule has 2 unspecified atom stereocenters. The zero-order valence-corrected chi connectivity index (χ0v) is 24.5. The Hall–Kier alpha value is -2.79. The highest BCUT2D eigenvalue weighted by Gasteiger charge is 2.26. The third-order valence-electron chi connectivity index (χ3n) is 7.63. The van der Waals surface area contributed by atoms with Crippen LogP contribution in [0.3, 0.4) is 0 Å². The lowest BCUT2D eigenvalue weighted by molar-refractivity contribution is -0.132. The van der Waals surface area contributed by atoms with Gasteiger partial charge in [-0.1, -0.05) is 89.8 Å². The van der Waals surface area contributed by atoms with Gasteiger partial charge in [0.05, 0.1) is 12.5 Å². The van der Waals surface area contributed by atoms with E-state index in [1.165, 1.54) is 32.1 Å². The maximum atomic E-state index is 13.0. The first kappa shape index (κ1) is 32.4. The second kappa shape index (κ2) is 17.7. The predicted molar refractivity (Wildman–Crippen MR) is 160 cm³/mol. The monoisotopic (exact) mass is 535 g/mol. The van der Waals surface area contributed by atoms with Crippen LogP contribution in [-0.4, -0.2) is 30.5 Å². The lowest BCUT2D eigenvalue weighted by atomic mass is 9.85. The third kappa shape index (κ3) is 10.7. The minimum Gasteiger partial charge on any atom is -0.494 e. The molecule has 0 saturated carbocycles. The van der Waals surface area contributed by atoms with E-state index in [1.54, 1.807) is 6.92 Å². The van der Waals surface area contributed by atoms with Gasteiger partial charge in [-0.25, -0.2) is 0 Å². The molecule has 0 aliphatic rings. The van der Waals surface area contributed by atoms with E-state index >= 15 is 0 Å². The number of rotatable bonds is 20. The fourth-order valence-electron chi connectivity index (χ4n) is 5.28. The average molecular weight is 536 g/mol. The van der Waals surface area contributed by atoms with Crippen molar-refractivity contribution in [3.8, 4) is 16.9 Å². The smallest absolute Gasteiger partial charge is 0.165 e. The number of ketones is 3. The molecule has 0 bridgehead atoms.